The van der Waals surface area contributed by atoms with E-state index < -0.39 is 22.4 Å². The standard InChI is InChI=1S/C14H14F2N2O3S2/c1-18(2)9-3-5-10(6-4-9)23(20,21)17-14(19)12-8-7-11(22-12)13(15)16/h3-8,13H,1-2H3,(H,17,19). The molecule has 0 fully saturated rings. The predicted octanol–water partition coefficient (Wildman–Crippen LogP) is 2.87. The summed E-state index contributed by atoms with van der Waals surface area (Å²) in [7, 11) is -0.444. The van der Waals surface area contributed by atoms with E-state index in [0.717, 1.165) is 11.8 Å². The lowest BCUT2D eigenvalue weighted by molar-refractivity contribution is 0.0985. The number of carbonyl (C=O) groups is 1. The van der Waals surface area contributed by atoms with Crippen molar-refractivity contribution in [2.45, 2.75) is 11.3 Å². The van der Waals surface area contributed by atoms with Crippen LogP contribution >= 0.6 is 11.3 Å². The topological polar surface area (TPSA) is 66.5 Å². The Bertz CT molecular complexity index is 800. The van der Waals surface area contributed by atoms with Crippen molar-refractivity contribution in [1.29, 1.82) is 0 Å². The van der Waals surface area contributed by atoms with Crippen LogP contribution in [0.3, 0.4) is 0 Å². The van der Waals surface area contributed by atoms with Gasteiger partial charge in [-0.05, 0) is 36.4 Å². The molecule has 1 amide bonds. The minimum Gasteiger partial charge on any atom is -0.378 e. The molecule has 0 saturated heterocycles. The van der Waals surface area contributed by atoms with Crippen molar-refractivity contribution in [3.63, 3.8) is 0 Å². The monoisotopic (exact) mass is 360 g/mol. The van der Waals surface area contributed by atoms with Gasteiger partial charge in [-0.25, -0.2) is 21.9 Å². The van der Waals surface area contributed by atoms with Crippen molar-refractivity contribution in [1.82, 2.24) is 4.72 Å². The van der Waals surface area contributed by atoms with Gasteiger partial charge in [-0.1, -0.05) is 0 Å². The van der Waals surface area contributed by atoms with Gasteiger partial charge in [0.2, 0.25) is 0 Å². The number of amides is 1. The zero-order valence-electron chi connectivity index (χ0n) is 12.3. The maximum Gasteiger partial charge on any atom is 0.275 e. The van der Waals surface area contributed by atoms with Crippen LogP contribution in [0.2, 0.25) is 0 Å². The third-order valence-corrected chi connectivity index (χ3v) is 5.39. The van der Waals surface area contributed by atoms with Gasteiger partial charge in [-0.15, -0.1) is 11.3 Å². The lowest BCUT2D eigenvalue weighted by Crippen LogP contribution is -2.30. The van der Waals surface area contributed by atoms with E-state index in [4.69, 9.17) is 0 Å². The predicted molar refractivity (Wildman–Crippen MR) is 84.7 cm³/mol. The summed E-state index contributed by atoms with van der Waals surface area (Å²) in [6, 6.07) is 8.20. The molecule has 2 aromatic rings. The molecule has 0 aliphatic carbocycles. The maximum absolute atomic E-state index is 12.5. The first-order valence-electron chi connectivity index (χ1n) is 6.43. The zero-order valence-corrected chi connectivity index (χ0v) is 13.9. The highest BCUT2D eigenvalue weighted by Crippen LogP contribution is 2.27. The van der Waals surface area contributed by atoms with E-state index in [-0.39, 0.29) is 14.6 Å². The van der Waals surface area contributed by atoms with Gasteiger partial charge < -0.3 is 4.90 Å². The molecule has 0 radical (unpaired) electrons. The minimum absolute atomic E-state index is 0.0814. The zero-order chi connectivity index (χ0) is 17.2. The molecule has 0 atom stereocenters. The van der Waals surface area contributed by atoms with Gasteiger partial charge in [0.15, 0.2) is 0 Å². The number of nitrogens with one attached hydrogen (secondary N) is 1. The van der Waals surface area contributed by atoms with Crippen LogP contribution in [0.1, 0.15) is 21.0 Å². The third-order valence-electron chi connectivity index (χ3n) is 2.96. The van der Waals surface area contributed by atoms with Crippen molar-refractivity contribution in [2.24, 2.45) is 0 Å². The van der Waals surface area contributed by atoms with Gasteiger partial charge in [0, 0.05) is 19.8 Å². The van der Waals surface area contributed by atoms with E-state index in [9.17, 15) is 22.0 Å². The fraction of sp³-hybridized carbons (Fsp3) is 0.214. The number of hydrogen-bond donors (Lipinski definition) is 1. The average molecular weight is 360 g/mol. The lowest BCUT2D eigenvalue weighted by atomic mass is 10.3. The molecule has 2 rings (SSSR count). The largest absolute Gasteiger partial charge is 0.378 e. The highest BCUT2D eigenvalue weighted by molar-refractivity contribution is 7.90. The first-order valence-corrected chi connectivity index (χ1v) is 8.73. The van der Waals surface area contributed by atoms with Crippen LogP contribution in [0, 0.1) is 0 Å². The summed E-state index contributed by atoms with van der Waals surface area (Å²) >= 11 is 0.558. The summed E-state index contributed by atoms with van der Waals surface area (Å²) in [4.78, 5) is 13.3. The maximum atomic E-state index is 12.5. The Hall–Kier alpha value is -2.00. The highest BCUT2D eigenvalue weighted by atomic mass is 32.2. The SMILES string of the molecule is CN(C)c1ccc(S(=O)(=O)NC(=O)c2ccc(C(F)F)s2)cc1. The van der Waals surface area contributed by atoms with Gasteiger partial charge in [0.25, 0.3) is 22.4 Å². The highest BCUT2D eigenvalue weighted by Gasteiger charge is 2.21. The molecular formula is C14H14F2N2O3S2. The summed E-state index contributed by atoms with van der Waals surface area (Å²) in [6.45, 7) is 0. The van der Waals surface area contributed by atoms with Gasteiger partial charge in [0.1, 0.15) is 0 Å². The van der Waals surface area contributed by atoms with Crippen LogP contribution in [0.15, 0.2) is 41.3 Å². The Kier molecular flexibility index (Phi) is 5.00. The van der Waals surface area contributed by atoms with E-state index in [0.29, 0.717) is 11.3 Å². The van der Waals surface area contributed by atoms with E-state index >= 15 is 0 Å². The Balaban J connectivity index is 2.18. The third kappa shape index (κ3) is 4.05. The molecule has 1 N–H and O–H groups in total. The molecule has 5 nitrogen and oxygen atoms in total. The second-order valence-electron chi connectivity index (χ2n) is 4.83. The first kappa shape index (κ1) is 17.4. The van der Waals surface area contributed by atoms with Crippen LogP contribution in [-0.4, -0.2) is 28.4 Å². The quantitative estimate of drug-likeness (QED) is 0.890. The van der Waals surface area contributed by atoms with Gasteiger partial charge in [-0.3, -0.25) is 4.79 Å². The summed E-state index contributed by atoms with van der Waals surface area (Å²) in [5, 5.41) is 0. The molecule has 0 saturated carbocycles. The second-order valence-corrected chi connectivity index (χ2v) is 7.62. The van der Waals surface area contributed by atoms with Crippen LogP contribution in [0.25, 0.3) is 0 Å². The van der Waals surface area contributed by atoms with Gasteiger partial charge in [0.05, 0.1) is 14.6 Å². The number of benzene rings is 1. The number of nitrogens with zero attached hydrogens (tertiary/aromatic N) is 1. The van der Waals surface area contributed by atoms with Crippen molar-refractivity contribution in [3.05, 3.63) is 46.2 Å². The van der Waals surface area contributed by atoms with E-state index in [1.807, 2.05) is 18.8 Å². The fourth-order valence-electron chi connectivity index (χ4n) is 1.75. The number of rotatable bonds is 5. The van der Waals surface area contributed by atoms with Crippen LogP contribution in [0.5, 0.6) is 0 Å². The van der Waals surface area contributed by atoms with Gasteiger partial charge >= 0.3 is 0 Å². The molecule has 0 aliphatic rings. The van der Waals surface area contributed by atoms with E-state index in [1.54, 1.807) is 17.0 Å². The smallest absolute Gasteiger partial charge is 0.275 e. The van der Waals surface area contributed by atoms with E-state index in [1.165, 1.54) is 18.2 Å². The summed E-state index contributed by atoms with van der Waals surface area (Å²) in [5.74, 6) is -0.932. The first-order chi connectivity index (χ1) is 10.7. The molecule has 1 aromatic carbocycles. The average Bonchev–Trinajstić information content (AvgIpc) is 2.97. The van der Waals surface area contributed by atoms with Crippen molar-refractivity contribution in [3.8, 4) is 0 Å². The number of halogens is 2. The second kappa shape index (κ2) is 6.63. The fourth-order valence-corrected chi connectivity index (χ4v) is 3.54. The molecule has 0 unspecified atom stereocenters. The Morgan fingerprint density at radius 2 is 1.74 bits per heavy atom. The van der Waals surface area contributed by atoms with Crippen molar-refractivity contribution < 1.29 is 22.0 Å². The summed E-state index contributed by atoms with van der Waals surface area (Å²) < 4.78 is 51.2. The molecule has 124 valence electrons. The molecule has 1 heterocycles. The molecule has 1 aromatic heterocycles. The molecule has 0 aliphatic heterocycles. The number of thiophene rings is 1. The molecule has 9 heteroatoms. The molecule has 23 heavy (non-hydrogen) atoms. The van der Waals surface area contributed by atoms with Crippen molar-refractivity contribution >= 4 is 33.0 Å². The molecular weight excluding hydrogens is 346 g/mol. The Morgan fingerprint density at radius 3 is 2.22 bits per heavy atom. The normalized spacial score (nSPS) is 11.5. The van der Waals surface area contributed by atoms with Crippen LogP contribution in [-0.2, 0) is 10.0 Å². The van der Waals surface area contributed by atoms with Crippen molar-refractivity contribution in [2.75, 3.05) is 19.0 Å². The molecule has 0 bridgehead atoms. The summed E-state index contributed by atoms with van der Waals surface area (Å²) in [5.41, 5.74) is 0.801. The minimum atomic E-state index is -4.06. The lowest BCUT2D eigenvalue weighted by Gasteiger charge is -2.13. The van der Waals surface area contributed by atoms with Crippen LogP contribution in [0.4, 0.5) is 14.5 Å². The molecule has 0 spiro atoms. The van der Waals surface area contributed by atoms with Gasteiger partial charge in [-0.2, -0.15) is 0 Å². The number of hydrogen-bond acceptors (Lipinski definition) is 5. The number of anilines is 1. The number of sulfonamides is 1. The number of carbonyl (C=O) groups excluding carboxylic acids is 1. The van der Waals surface area contributed by atoms with E-state index in [2.05, 4.69) is 0 Å². The summed E-state index contributed by atoms with van der Waals surface area (Å²) in [6.07, 6.45) is -2.70. The van der Waals surface area contributed by atoms with Crippen LogP contribution < -0.4 is 9.62 Å². The number of alkyl halides is 2. The Morgan fingerprint density at radius 1 is 1.13 bits per heavy atom. The Labute approximate surface area is 136 Å².